The SMILES string of the molecule is O=CC1CCCN(S(=O)(=O)c2ccc3c(c2)CCC3)C1. The van der Waals surface area contributed by atoms with E-state index in [0.717, 1.165) is 44.0 Å². The van der Waals surface area contributed by atoms with Gasteiger partial charge in [-0.05, 0) is 55.4 Å². The molecule has 108 valence electrons. The maximum atomic E-state index is 12.7. The third-order valence-corrected chi connectivity index (χ3v) is 6.18. The Balaban J connectivity index is 1.89. The number of carbonyl (C=O) groups is 1. The molecule has 0 aromatic heterocycles. The molecule has 0 bridgehead atoms. The van der Waals surface area contributed by atoms with E-state index >= 15 is 0 Å². The van der Waals surface area contributed by atoms with Gasteiger partial charge in [0.15, 0.2) is 0 Å². The number of rotatable bonds is 3. The van der Waals surface area contributed by atoms with Crippen LogP contribution in [-0.4, -0.2) is 32.1 Å². The van der Waals surface area contributed by atoms with E-state index < -0.39 is 10.0 Å². The smallest absolute Gasteiger partial charge is 0.243 e. The van der Waals surface area contributed by atoms with E-state index in [9.17, 15) is 13.2 Å². The Hall–Kier alpha value is -1.20. The Kier molecular flexibility index (Phi) is 3.65. The molecule has 5 heteroatoms. The number of sulfonamides is 1. The summed E-state index contributed by atoms with van der Waals surface area (Å²) in [5.41, 5.74) is 2.43. The molecule has 1 unspecified atom stereocenters. The fourth-order valence-corrected chi connectivity index (χ4v) is 4.75. The summed E-state index contributed by atoms with van der Waals surface area (Å²) in [6.07, 6.45) is 5.55. The summed E-state index contributed by atoms with van der Waals surface area (Å²) in [5, 5.41) is 0. The first-order valence-electron chi connectivity index (χ1n) is 7.18. The summed E-state index contributed by atoms with van der Waals surface area (Å²) < 4.78 is 26.8. The molecule has 0 radical (unpaired) electrons. The third-order valence-electron chi connectivity index (χ3n) is 4.32. The topological polar surface area (TPSA) is 54.5 Å². The average molecular weight is 293 g/mol. The molecule has 20 heavy (non-hydrogen) atoms. The zero-order valence-electron chi connectivity index (χ0n) is 11.4. The number of aldehydes is 1. The van der Waals surface area contributed by atoms with Crippen molar-refractivity contribution >= 4 is 16.3 Å². The molecule has 1 aromatic rings. The average Bonchev–Trinajstić information content (AvgIpc) is 2.94. The van der Waals surface area contributed by atoms with E-state index in [0.29, 0.717) is 18.0 Å². The first-order chi connectivity index (χ1) is 9.61. The van der Waals surface area contributed by atoms with Crippen molar-refractivity contribution in [2.75, 3.05) is 13.1 Å². The van der Waals surface area contributed by atoms with Crippen LogP contribution in [0.25, 0.3) is 0 Å². The number of hydrogen-bond donors (Lipinski definition) is 0. The Morgan fingerprint density at radius 2 is 1.95 bits per heavy atom. The molecule has 0 N–H and O–H groups in total. The summed E-state index contributed by atoms with van der Waals surface area (Å²) in [5.74, 6) is -0.159. The van der Waals surface area contributed by atoms with Gasteiger partial charge in [0.2, 0.25) is 10.0 Å². The lowest BCUT2D eigenvalue weighted by molar-refractivity contribution is -0.112. The highest BCUT2D eigenvalue weighted by Crippen LogP contribution is 2.28. The van der Waals surface area contributed by atoms with E-state index in [1.54, 1.807) is 6.07 Å². The normalized spacial score (nSPS) is 23.5. The van der Waals surface area contributed by atoms with Crippen molar-refractivity contribution in [2.24, 2.45) is 5.92 Å². The molecule has 1 saturated heterocycles. The van der Waals surface area contributed by atoms with Gasteiger partial charge in [0.1, 0.15) is 6.29 Å². The van der Waals surface area contributed by atoms with Crippen molar-refractivity contribution in [1.82, 2.24) is 4.31 Å². The van der Waals surface area contributed by atoms with Gasteiger partial charge in [-0.15, -0.1) is 0 Å². The summed E-state index contributed by atoms with van der Waals surface area (Å²) in [6, 6.07) is 5.47. The lowest BCUT2D eigenvalue weighted by Crippen LogP contribution is -2.40. The quantitative estimate of drug-likeness (QED) is 0.798. The van der Waals surface area contributed by atoms with Crippen molar-refractivity contribution in [1.29, 1.82) is 0 Å². The largest absolute Gasteiger partial charge is 0.303 e. The van der Waals surface area contributed by atoms with Gasteiger partial charge in [0, 0.05) is 19.0 Å². The number of piperidine rings is 1. The van der Waals surface area contributed by atoms with Crippen LogP contribution in [0.5, 0.6) is 0 Å². The molecule has 2 aliphatic rings. The molecule has 1 aliphatic carbocycles. The standard InChI is InChI=1S/C15H19NO3S/c17-11-12-3-2-8-16(10-12)20(18,19)15-7-6-13-4-1-5-14(13)9-15/h6-7,9,11-12H,1-5,8,10H2. The van der Waals surface area contributed by atoms with Gasteiger partial charge in [-0.1, -0.05) is 6.07 Å². The number of aryl methyl sites for hydroxylation is 2. The lowest BCUT2D eigenvalue weighted by Gasteiger charge is -2.29. The van der Waals surface area contributed by atoms with Gasteiger partial charge < -0.3 is 4.79 Å². The Morgan fingerprint density at radius 1 is 1.15 bits per heavy atom. The van der Waals surface area contributed by atoms with E-state index in [-0.39, 0.29) is 5.92 Å². The van der Waals surface area contributed by atoms with Gasteiger partial charge in [-0.25, -0.2) is 8.42 Å². The van der Waals surface area contributed by atoms with E-state index in [1.807, 2.05) is 12.1 Å². The molecule has 3 rings (SSSR count). The molecule has 0 saturated carbocycles. The third kappa shape index (κ3) is 2.40. The summed E-state index contributed by atoms with van der Waals surface area (Å²) in [6.45, 7) is 0.840. The molecule has 1 heterocycles. The zero-order valence-corrected chi connectivity index (χ0v) is 12.2. The van der Waals surface area contributed by atoms with Crippen LogP contribution in [0.4, 0.5) is 0 Å². The number of fused-ring (bicyclic) bond motifs is 1. The highest BCUT2D eigenvalue weighted by Gasteiger charge is 2.30. The maximum Gasteiger partial charge on any atom is 0.243 e. The fourth-order valence-electron chi connectivity index (χ4n) is 3.16. The second-order valence-electron chi connectivity index (χ2n) is 5.69. The van der Waals surface area contributed by atoms with Gasteiger partial charge in [-0.3, -0.25) is 0 Å². The zero-order chi connectivity index (χ0) is 14.2. The summed E-state index contributed by atoms with van der Waals surface area (Å²) in [7, 11) is -3.45. The predicted octanol–water partition coefficient (Wildman–Crippen LogP) is 1.77. The molecule has 4 nitrogen and oxygen atoms in total. The highest BCUT2D eigenvalue weighted by atomic mass is 32.2. The van der Waals surface area contributed by atoms with E-state index in [1.165, 1.54) is 9.87 Å². The van der Waals surface area contributed by atoms with Gasteiger partial charge >= 0.3 is 0 Å². The van der Waals surface area contributed by atoms with Crippen LogP contribution in [0, 0.1) is 5.92 Å². The molecular formula is C15H19NO3S. The van der Waals surface area contributed by atoms with Crippen molar-refractivity contribution < 1.29 is 13.2 Å². The van der Waals surface area contributed by atoms with E-state index in [2.05, 4.69) is 0 Å². The fraction of sp³-hybridized carbons (Fsp3) is 0.533. The minimum absolute atomic E-state index is 0.159. The second-order valence-corrected chi connectivity index (χ2v) is 7.62. The van der Waals surface area contributed by atoms with Crippen LogP contribution in [0.2, 0.25) is 0 Å². The summed E-state index contributed by atoms with van der Waals surface area (Å²) in [4.78, 5) is 11.3. The summed E-state index contributed by atoms with van der Waals surface area (Å²) >= 11 is 0. The lowest BCUT2D eigenvalue weighted by atomic mass is 10.0. The molecular weight excluding hydrogens is 274 g/mol. The van der Waals surface area contributed by atoms with Crippen LogP contribution in [0.3, 0.4) is 0 Å². The Morgan fingerprint density at radius 3 is 2.75 bits per heavy atom. The number of carbonyl (C=O) groups excluding carboxylic acids is 1. The predicted molar refractivity (Wildman–Crippen MR) is 76.0 cm³/mol. The Bertz CT molecular complexity index is 624. The molecule has 1 aromatic carbocycles. The number of hydrogen-bond acceptors (Lipinski definition) is 3. The first kappa shape index (κ1) is 13.8. The van der Waals surface area contributed by atoms with Crippen LogP contribution < -0.4 is 0 Å². The van der Waals surface area contributed by atoms with Crippen LogP contribution >= 0.6 is 0 Å². The van der Waals surface area contributed by atoms with Crippen LogP contribution in [0.15, 0.2) is 23.1 Å². The monoisotopic (exact) mass is 293 g/mol. The number of nitrogens with zero attached hydrogens (tertiary/aromatic N) is 1. The highest BCUT2D eigenvalue weighted by molar-refractivity contribution is 7.89. The molecule has 0 amide bonds. The number of benzene rings is 1. The van der Waals surface area contributed by atoms with E-state index in [4.69, 9.17) is 0 Å². The molecule has 1 aliphatic heterocycles. The van der Waals surface area contributed by atoms with Crippen molar-refractivity contribution in [3.05, 3.63) is 29.3 Å². The molecule has 1 fully saturated rings. The van der Waals surface area contributed by atoms with Gasteiger partial charge in [0.05, 0.1) is 4.90 Å². The molecule has 0 spiro atoms. The second kappa shape index (κ2) is 5.30. The van der Waals surface area contributed by atoms with Crippen molar-refractivity contribution in [2.45, 2.75) is 37.0 Å². The van der Waals surface area contributed by atoms with Crippen molar-refractivity contribution in [3.8, 4) is 0 Å². The minimum atomic E-state index is -3.45. The van der Waals surface area contributed by atoms with Gasteiger partial charge in [-0.2, -0.15) is 4.31 Å². The first-order valence-corrected chi connectivity index (χ1v) is 8.62. The molecule has 1 atom stereocenters. The van der Waals surface area contributed by atoms with Crippen LogP contribution in [-0.2, 0) is 27.7 Å². The van der Waals surface area contributed by atoms with Gasteiger partial charge in [0.25, 0.3) is 0 Å². The van der Waals surface area contributed by atoms with Crippen LogP contribution in [0.1, 0.15) is 30.4 Å². The maximum absolute atomic E-state index is 12.7. The minimum Gasteiger partial charge on any atom is -0.303 e. The van der Waals surface area contributed by atoms with Crippen molar-refractivity contribution in [3.63, 3.8) is 0 Å². The Labute approximate surface area is 119 Å².